The summed E-state index contributed by atoms with van der Waals surface area (Å²) >= 11 is 10.1. The maximum atomic E-state index is 14.0. The van der Waals surface area contributed by atoms with Crippen LogP contribution in [0.4, 0.5) is 11.4 Å². The van der Waals surface area contributed by atoms with E-state index in [1.807, 2.05) is 60.8 Å². The van der Waals surface area contributed by atoms with Crippen molar-refractivity contribution in [1.82, 2.24) is 9.78 Å². The molecule has 0 aliphatic carbocycles. The van der Waals surface area contributed by atoms with Crippen LogP contribution in [-0.4, -0.2) is 53.4 Å². The fourth-order valence-corrected chi connectivity index (χ4v) is 9.28. The molecule has 0 unspecified atom stereocenters. The number of halogens is 1. The van der Waals surface area contributed by atoms with Gasteiger partial charge in [0.05, 0.1) is 49.3 Å². The van der Waals surface area contributed by atoms with Gasteiger partial charge in [-0.1, -0.05) is 29.8 Å². The molecule has 6 rings (SSSR count). The van der Waals surface area contributed by atoms with E-state index in [0.29, 0.717) is 34.4 Å². The van der Waals surface area contributed by atoms with Crippen LogP contribution in [0.2, 0.25) is 5.02 Å². The molecule has 2 aliphatic heterocycles. The number of nitrogens with one attached hydrogen (secondary N) is 1. The molecule has 1 N–H and O–H groups in total. The standard InChI is InChI=1S/C33H30ClN5O4S2/c1-20-19-38-30(27(18-36-38)37-31(40)21-5-12-28(42-2)22(15-21)17-35)32(41)39(20)25-9-6-23(7-10-25)33(44-13-4-14-45-33)24-8-11-26(34)29(16-24)43-3/h5-12,15-16,18,20H,4,13-14,19H2,1-3H3,(H,37,40)/t20-/m0/s1. The summed E-state index contributed by atoms with van der Waals surface area (Å²) in [6.45, 7) is 2.43. The first-order valence-corrected chi connectivity index (χ1v) is 16.7. The van der Waals surface area contributed by atoms with Crippen molar-refractivity contribution in [1.29, 1.82) is 5.26 Å². The monoisotopic (exact) mass is 659 g/mol. The third-order valence-electron chi connectivity index (χ3n) is 7.93. The van der Waals surface area contributed by atoms with Crippen molar-refractivity contribution in [3.8, 4) is 17.6 Å². The number of fused-ring (bicyclic) bond motifs is 1. The first-order chi connectivity index (χ1) is 21.8. The predicted molar refractivity (Wildman–Crippen MR) is 179 cm³/mol. The molecule has 1 saturated heterocycles. The topological polar surface area (TPSA) is 109 Å². The van der Waals surface area contributed by atoms with Crippen LogP contribution in [0.1, 0.15) is 50.9 Å². The molecule has 230 valence electrons. The second-order valence-electron chi connectivity index (χ2n) is 10.7. The molecule has 3 aromatic carbocycles. The number of hydrogen-bond donors (Lipinski definition) is 1. The number of hydrogen-bond acceptors (Lipinski definition) is 8. The first-order valence-electron chi connectivity index (χ1n) is 14.3. The number of amides is 2. The van der Waals surface area contributed by atoms with Crippen LogP contribution >= 0.6 is 35.1 Å². The molecule has 12 heteroatoms. The Bertz CT molecular complexity index is 1810. The molecule has 1 atom stereocenters. The van der Waals surface area contributed by atoms with Crippen molar-refractivity contribution in [2.24, 2.45) is 0 Å². The molecule has 2 amide bonds. The van der Waals surface area contributed by atoms with Gasteiger partial charge in [-0.05, 0) is 78.4 Å². The fraction of sp³-hybridized carbons (Fsp3) is 0.273. The second-order valence-corrected chi connectivity index (χ2v) is 13.9. The number of thioether (sulfide) groups is 2. The van der Waals surface area contributed by atoms with Gasteiger partial charge < -0.3 is 19.7 Å². The Morgan fingerprint density at radius 2 is 1.76 bits per heavy atom. The highest BCUT2D eigenvalue weighted by molar-refractivity contribution is 8.18. The smallest absolute Gasteiger partial charge is 0.279 e. The lowest BCUT2D eigenvalue weighted by Crippen LogP contribution is -2.47. The van der Waals surface area contributed by atoms with Crippen LogP contribution in [0.25, 0.3) is 0 Å². The highest BCUT2D eigenvalue weighted by Gasteiger charge is 2.39. The molecule has 0 saturated carbocycles. The van der Waals surface area contributed by atoms with E-state index in [2.05, 4.69) is 28.6 Å². The van der Waals surface area contributed by atoms with Gasteiger partial charge in [-0.2, -0.15) is 10.4 Å². The molecule has 3 heterocycles. The average Bonchev–Trinajstić information content (AvgIpc) is 3.47. The quantitative estimate of drug-likeness (QED) is 0.231. The number of rotatable bonds is 7. The van der Waals surface area contributed by atoms with Gasteiger partial charge in [0.25, 0.3) is 11.8 Å². The maximum absolute atomic E-state index is 14.0. The van der Waals surface area contributed by atoms with Crippen LogP contribution in [0, 0.1) is 11.3 Å². The van der Waals surface area contributed by atoms with Crippen LogP contribution in [0.5, 0.6) is 11.5 Å². The zero-order valence-corrected chi connectivity index (χ0v) is 27.3. The summed E-state index contributed by atoms with van der Waals surface area (Å²) < 4.78 is 12.0. The lowest BCUT2D eigenvalue weighted by atomic mass is 10.0. The Labute approximate surface area is 274 Å². The number of benzene rings is 3. The summed E-state index contributed by atoms with van der Waals surface area (Å²) in [5, 5.41) is 17.2. The van der Waals surface area contributed by atoms with E-state index in [0.717, 1.165) is 34.7 Å². The van der Waals surface area contributed by atoms with Gasteiger partial charge in [0, 0.05) is 11.3 Å². The van der Waals surface area contributed by atoms with Gasteiger partial charge in [0.1, 0.15) is 27.3 Å². The number of ether oxygens (including phenoxy) is 2. The minimum atomic E-state index is -0.459. The van der Waals surface area contributed by atoms with Crippen LogP contribution < -0.4 is 19.7 Å². The van der Waals surface area contributed by atoms with Crippen molar-refractivity contribution < 1.29 is 19.1 Å². The molecule has 0 radical (unpaired) electrons. The highest BCUT2D eigenvalue weighted by atomic mass is 35.5. The average molecular weight is 660 g/mol. The molecular formula is C33H30ClN5O4S2. The van der Waals surface area contributed by atoms with Gasteiger partial charge in [-0.15, -0.1) is 23.5 Å². The molecule has 2 aliphatic rings. The Balaban J connectivity index is 1.28. The molecule has 9 nitrogen and oxygen atoms in total. The number of aromatic nitrogens is 2. The lowest BCUT2D eigenvalue weighted by molar-refractivity contribution is 0.0948. The van der Waals surface area contributed by atoms with Gasteiger partial charge in [0.15, 0.2) is 0 Å². The summed E-state index contributed by atoms with van der Waals surface area (Å²) in [5.74, 6) is 2.34. The Morgan fingerprint density at radius 3 is 2.44 bits per heavy atom. The van der Waals surface area contributed by atoms with E-state index in [9.17, 15) is 14.9 Å². The number of carbonyl (C=O) groups excluding carboxylic acids is 2. The van der Waals surface area contributed by atoms with E-state index in [-0.39, 0.29) is 27.2 Å². The fourth-order valence-electron chi connectivity index (χ4n) is 5.73. The molecule has 1 aromatic heterocycles. The third kappa shape index (κ3) is 5.63. The minimum Gasteiger partial charge on any atom is -0.495 e. The Hall–Kier alpha value is -4.11. The van der Waals surface area contributed by atoms with E-state index in [1.54, 1.807) is 28.8 Å². The highest BCUT2D eigenvalue weighted by Crippen LogP contribution is 2.55. The summed E-state index contributed by atoms with van der Waals surface area (Å²) in [7, 11) is 3.08. The number of carbonyl (C=O) groups is 2. The van der Waals surface area contributed by atoms with Crippen LogP contribution in [0.15, 0.2) is 66.9 Å². The molecule has 1 fully saturated rings. The molecule has 4 aromatic rings. The van der Waals surface area contributed by atoms with E-state index in [4.69, 9.17) is 21.1 Å². The third-order valence-corrected chi connectivity index (χ3v) is 11.7. The zero-order valence-electron chi connectivity index (χ0n) is 24.9. The van der Waals surface area contributed by atoms with Crippen molar-refractivity contribution in [3.63, 3.8) is 0 Å². The van der Waals surface area contributed by atoms with Crippen LogP contribution in [0.3, 0.4) is 0 Å². The van der Waals surface area contributed by atoms with Crippen LogP contribution in [-0.2, 0) is 10.6 Å². The Morgan fingerprint density at radius 1 is 1.04 bits per heavy atom. The molecular weight excluding hydrogens is 630 g/mol. The summed E-state index contributed by atoms with van der Waals surface area (Å²) in [4.78, 5) is 28.9. The molecule has 0 spiro atoms. The minimum absolute atomic E-state index is 0.174. The number of anilines is 2. The van der Waals surface area contributed by atoms with E-state index in [1.165, 1.54) is 19.4 Å². The molecule has 0 bridgehead atoms. The Kier molecular flexibility index (Phi) is 8.73. The normalized spacial score (nSPS) is 17.3. The number of nitrogens with zero attached hydrogens (tertiary/aromatic N) is 4. The number of methoxy groups -OCH3 is 2. The van der Waals surface area contributed by atoms with Crippen molar-refractivity contribution in [3.05, 3.63) is 99.8 Å². The van der Waals surface area contributed by atoms with Gasteiger partial charge in [-0.3, -0.25) is 14.3 Å². The number of nitriles is 1. The van der Waals surface area contributed by atoms with Gasteiger partial charge >= 0.3 is 0 Å². The van der Waals surface area contributed by atoms with Crippen molar-refractivity contribution >= 4 is 58.3 Å². The van der Waals surface area contributed by atoms with Gasteiger partial charge in [-0.25, -0.2) is 0 Å². The maximum Gasteiger partial charge on any atom is 0.279 e. The first kappa shape index (κ1) is 30.9. The summed E-state index contributed by atoms with van der Waals surface area (Å²) in [5.41, 5.74) is 4.09. The second kappa shape index (κ2) is 12.7. The summed E-state index contributed by atoms with van der Waals surface area (Å²) in [6, 6.07) is 20.6. The molecule has 45 heavy (non-hydrogen) atoms. The van der Waals surface area contributed by atoms with Crippen molar-refractivity contribution in [2.75, 3.05) is 35.9 Å². The van der Waals surface area contributed by atoms with Gasteiger partial charge in [0.2, 0.25) is 0 Å². The predicted octanol–water partition coefficient (Wildman–Crippen LogP) is 6.80. The lowest BCUT2D eigenvalue weighted by Gasteiger charge is -2.38. The van der Waals surface area contributed by atoms with E-state index < -0.39 is 5.91 Å². The van der Waals surface area contributed by atoms with Crippen molar-refractivity contribution in [2.45, 2.75) is 30.0 Å². The largest absolute Gasteiger partial charge is 0.495 e. The van der Waals surface area contributed by atoms with E-state index >= 15 is 0 Å². The zero-order chi connectivity index (χ0) is 31.7. The summed E-state index contributed by atoms with van der Waals surface area (Å²) in [6.07, 6.45) is 2.62. The SMILES string of the molecule is COc1cc(C2(c3ccc(N4C(=O)c5c(NC(=O)c6ccc(OC)c(C#N)c6)cnn5C[C@@H]4C)cc3)SCCCS2)ccc1Cl.